The fraction of sp³-hybridized carbons (Fsp3) is 0.524. The van der Waals surface area contributed by atoms with E-state index in [-0.39, 0.29) is 25.8 Å². The summed E-state index contributed by atoms with van der Waals surface area (Å²) < 4.78 is 15.6. The Bertz CT molecular complexity index is 703. The summed E-state index contributed by atoms with van der Waals surface area (Å²) >= 11 is 0. The summed E-state index contributed by atoms with van der Waals surface area (Å²) in [7, 11) is 0. The number of nitrogens with one attached hydrogen (secondary N) is 1. The van der Waals surface area contributed by atoms with Crippen LogP contribution in [0.2, 0.25) is 0 Å². The number of carbonyl (C=O) groups excluding carboxylic acids is 2. The molecule has 0 aliphatic carbocycles. The van der Waals surface area contributed by atoms with Crippen molar-refractivity contribution >= 4 is 17.9 Å². The summed E-state index contributed by atoms with van der Waals surface area (Å²) in [5, 5.41) is 12.8. The quantitative estimate of drug-likeness (QED) is 0.643. The van der Waals surface area contributed by atoms with Gasteiger partial charge in [0.05, 0.1) is 6.54 Å². The van der Waals surface area contributed by atoms with Crippen LogP contribution in [0.5, 0.6) is 5.75 Å². The second kappa shape index (κ2) is 11.2. The number of benzene rings is 1. The maximum atomic E-state index is 12.3. The normalized spacial score (nSPS) is 11.9. The Labute approximate surface area is 172 Å². The topological polar surface area (TPSA) is 97.3 Å². The number of aliphatic hydroxyl groups excluding tert-OH is 1. The first-order valence-corrected chi connectivity index (χ1v) is 9.29. The summed E-state index contributed by atoms with van der Waals surface area (Å²) in [5.74, 6) is 2.70. The molecule has 2 N–H and O–H groups in total. The van der Waals surface area contributed by atoms with E-state index in [0.29, 0.717) is 11.4 Å². The molecule has 0 fully saturated rings. The molecule has 0 saturated heterocycles. The van der Waals surface area contributed by atoms with Crippen molar-refractivity contribution in [2.75, 3.05) is 25.1 Å². The van der Waals surface area contributed by atoms with Crippen molar-refractivity contribution in [2.24, 2.45) is 0 Å². The number of hydrogen-bond acceptors (Lipinski definition) is 6. The number of aliphatic hydroxyl groups is 1. The van der Waals surface area contributed by atoms with Gasteiger partial charge in [-0.3, -0.25) is 5.32 Å². The zero-order valence-corrected chi connectivity index (χ0v) is 17.6. The summed E-state index contributed by atoms with van der Waals surface area (Å²) in [6.45, 7) is 9.01. The zero-order valence-electron chi connectivity index (χ0n) is 17.6. The monoisotopic (exact) mass is 406 g/mol. The molecule has 160 valence electrons. The van der Waals surface area contributed by atoms with Gasteiger partial charge in [0.2, 0.25) is 0 Å². The molecule has 8 heteroatoms. The molecular formula is C21H30N2O6. The Hall–Kier alpha value is -2.92. The Kier molecular flexibility index (Phi) is 9.29. The smallest absolute Gasteiger partial charge is 0.412 e. The maximum absolute atomic E-state index is 12.3. The van der Waals surface area contributed by atoms with Gasteiger partial charge in [-0.15, -0.1) is 6.42 Å². The minimum Gasteiger partial charge on any atom is -0.491 e. The van der Waals surface area contributed by atoms with E-state index in [9.17, 15) is 14.7 Å². The van der Waals surface area contributed by atoms with Gasteiger partial charge in [-0.1, -0.05) is 5.92 Å². The average Bonchev–Trinajstić information content (AvgIpc) is 2.62. The average molecular weight is 406 g/mol. The molecule has 8 nitrogen and oxygen atoms in total. The van der Waals surface area contributed by atoms with Crippen molar-refractivity contribution in [3.63, 3.8) is 0 Å². The number of nitrogens with zero attached hydrogens (tertiary/aromatic N) is 1. The Morgan fingerprint density at radius 2 is 1.86 bits per heavy atom. The van der Waals surface area contributed by atoms with E-state index in [0.717, 1.165) is 0 Å². The third kappa shape index (κ3) is 9.72. The number of amides is 2. The third-order valence-corrected chi connectivity index (χ3v) is 3.49. The number of hydrogen-bond donors (Lipinski definition) is 2. The summed E-state index contributed by atoms with van der Waals surface area (Å²) in [4.78, 5) is 25.2. The Morgan fingerprint density at radius 3 is 2.38 bits per heavy atom. The number of terminal acetylenes is 1. The molecule has 1 atom stereocenters. The van der Waals surface area contributed by atoms with Gasteiger partial charge in [0.15, 0.2) is 6.61 Å². The fourth-order valence-corrected chi connectivity index (χ4v) is 2.18. The van der Waals surface area contributed by atoms with Crippen molar-refractivity contribution in [3.05, 3.63) is 24.3 Å². The van der Waals surface area contributed by atoms with Crippen LogP contribution in [0.1, 0.15) is 34.6 Å². The first-order valence-electron chi connectivity index (χ1n) is 9.29. The lowest BCUT2D eigenvalue weighted by Crippen LogP contribution is -2.46. The van der Waals surface area contributed by atoms with Crippen LogP contribution >= 0.6 is 0 Å². The molecule has 0 spiro atoms. The Morgan fingerprint density at radius 1 is 1.24 bits per heavy atom. The highest BCUT2D eigenvalue weighted by Gasteiger charge is 2.26. The number of carbonyl (C=O) groups is 2. The Balaban J connectivity index is 2.54. The van der Waals surface area contributed by atoms with Crippen molar-refractivity contribution in [1.82, 2.24) is 4.90 Å². The molecule has 0 aliphatic rings. The summed E-state index contributed by atoms with van der Waals surface area (Å²) in [6, 6.07) is 6.38. The van der Waals surface area contributed by atoms with Crippen molar-refractivity contribution in [1.29, 1.82) is 0 Å². The number of anilines is 1. The van der Waals surface area contributed by atoms with Crippen LogP contribution < -0.4 is 10.1 Å². The molecular weight excluding hydrogens is 376 g/mol. The molecule has 0 saturated carbocycles. The SMILES string of the molecule is C#CCOC(=O)Nc1ccc(OCC(O)CN(C(=O)OC(C)(C)C)C(C)C)cc1. The number of ether oxygens (including phenoxy) is 3. The van der Waals surface area contributed by atoms with E-state index < -0.39 is 23.9 Å². The van der Waals surface area contributed by atoms with Gasteiger partial charge in [0, 0.05) is 11.7 Å². The van der Waals surface area contributed by atoms with Gasteiger partial charge in [0.25, 0.3) is 0 Å². The second-order valence-electron chi connectivity index (χ2n) is 7.62. The van der Waals surface area contributed by atoms with Crippen LogP contribution in [0.25, 0.3) is 0 Å². The van der Waals surface area contributed by atoms with E-state index in [2.05, 4.69) is 11.2 Å². The number of rotatable bonds is 8. The van der Waals surface area contributed by atoms with Gasteiger partial charge in [0.1, 0.15) is 24.1 Å². The molecule has 0 aromatic heterocycles. The lowest BCUT2D eigenvalue weighted by atomic mass is 10.2. The summed E-state index contributed by atoms with van der Waals surface area (Å²) in [6.07, 6.45) is 2.98. The minimum atomic E-state index is -0.901. The van der Waals surface area contributed by atoms with Crippen LogP contribution in [-0.4, -0.2) is 59.7 Å². The second-order valence-corrected chi connectivity index (χ2v) is 7.62. The molecule has 29 heavy (non-hydrogen) atoms. The first-order chi connectivity index (χ1) is 13.5. The predicted octanol–water partition coefficient (Wildman–Crippen LogP) is 3.25. The third-order valence-electron chi connectivity index (χ3n) is 3.49. The van der Waals surface area contributed by atoms with E-state index >= 15 is 0 Å². The standard InChI is InChI=1S/C21H30N2O6/c1-7-12-27-19(25)22-16-8-10-18(11-9-16)28-14-17(24)13-23(15(2)3)20(26)29-21(4,5)6/h1,8-11,15,17,24H,12-14H2,2-6H3,(H,22,25). The lowest BCUT2D eigenvalue weighted by molar-refractivity contribution is 0.00187. The highest BCUT2D eigenvalue weighted by Crippen LogP contribution is 2.17. The molecule has 0 bridgehead atoms. The van der Waals surface area contributed by atoms with Gasteiger partial charge >= 0.3 is 12.2 Å². The van der Waals surface area contributed by atoms with Crippen molar-refractivity contribution in [3.8, 4) is 18.1 Å². The van der Waals surface area contributed by atoms with E-state index in [4.69, 9.17) is 20.6 Å². The highest BCUT2D eigenvalue weighted by molar-refractivity contribution is 5.84. The summed E-state index contributed by atoms with van der Waals surface area (Å²) in [5.41, 5.74) is -0.106. The lowest BCUT2D eigenvalue weighted by Gasteiger charge is -2.31. The van der Waals surface area contributed by atoms with E-state index in [1.807, 2.05) is 13.8 Å². The molecule has 1 aromatic carbocycles. The van der Waals surface area contributed by atoms with Crippen LogP contribution in [0.4, 0.5) is 15.3 Å². The van der Waals surface area contributed by atoms with E-state index in [1.54, 1.807) is 45.0 Å². The van der Waals surface area contributed by atoms with Crippen LogP contribution in [0, 0.1) is 12.3 Å². The van der Waals surface area contributed by atoms with Gasteiger partial charge in [-0.05, 0) is 58.9 Å². The zero-order chi connectivity index (χ0) is 22.0. The van der Waals surface area contributed by atoms with Gasteiger partial charge in [-0.2, -0.15) is 0 Å². The molecule has 1 rings (SSSR count). The van der Waals surface area contributed by atoms with Crippen molar-refractivity contribution < 1.29 is 28.9 Å². The molecule has 0 radical (unpaired) electrons. The van der Waals surface area contributed by atoms with Crippen LogP contribution in [-0.2, 0) is 9.47 Å². The minimum absolute atomic E-state index is 0.0109. The van der Waals surface area contributed by atoms with Crippen LogP contribution in [0.15, 0.2) is 24.3 Å². The highest BCUT2D eigenvalue weighted by atomic mass is 16.6. The maximum Gasteiger partial charge on any atom is 0.412 e. The van der Waals surface area contributed by atoms with Gasteiger partial charge in [-0.25, -0.2) is 9.59 Å². The largest absolute Gasteiger partial charge is 0.491 e. The molecule has 1 aromatic rings. The van der Waals surface area contributed by atoms with Crippen molar-refractivity contribution in [2.45, 2.75) is 52.4 Å². The fourth-order valence-electron chi connectivity index (χ4n) is 2.18. The molecule has 1 unspecified atom stereocenters. The molecule has 0 heterocycles. The van der Waals surface area contributed by atoms with E-state index in [1.165, 1.54) is 4.90 Å². The first kappa shape index (κ1) is 24.1. The van der Waals surface area contributed by atoms with Crippen LogP contribution in [0.3, 0.4) is 0 Å². The molecule has 2 amide bonds. The molecule has 0 aliphatic heterocycles. The predicted molar refractivity (Wildman–Crippen MR) is 110 cm³/mol. The van der Waals surface area contributed by atoms with Gasteiger partial charge < -0.3 is 24.2 Å².